The highest BCUT2D eigenvalue weighted by atomic mass is 35.5. The van der Waals surface area contributed by atoms with Gasteiger partial charge in [-0.3, -0.25) is 9.78 Å². The van der Waals surface area contributed by atoms with Crippen molar-refractivity contribution in [1.82, 2.24) is 10.3 Å². The fraction of sp³-hybridized carbons (Fsp3) is 0.455. The van der Waals surface area contributed by atoms with Gasteiger partial charge in [0.1, 0.15) is 5.82 Å². The number of pyridine rings is 1. The molecule has 16 heavy (non-hydrogen) atoms. The highest BCUT2D eigenvalue weighted by molar-refractivity contribution is 6.17. The second kappa shape index (κ2) is 6.43. The summed E-state index contributed by atoms with van der Waals surface area (Å²) in [5.74, 6) is -0.345. The minimum absolute atomic E-state index is 0.0215. The van der Waals surface area contributed by atoms with Crippen molar-refractivity contribution >= 4 is 17.5 Å². The maximum Gasteiger partial charge on any atom is 0.253 e. The molecule has 1 atom stereocenters. The molecule has 1 aromatic heterocycles. The van der Waals surface area contributed by atoms with Crippen LogP contribution in [-0.4, -0.2) is 22.8 Å². The van der Waals surface area contributed by atoms with Crippen LogP contribution in [0.5, 0.6) is 0 Å². The van der Waals surface area contributed by atoms with Gasteiger partial charge in [-0.15, -0.1) is 11.6 Å². The maximum atomic E-state index is 12.8. The van der Waals surface area contributed by atoms with E-state index in [0.29, 0.717) is 12.3 Å². The van der Waals surface area contributed by atoms with Crippen LogP contribution in [0.3, 0.4) is 0 Å². The molecule has 5 heteroatoms. The molecule has 1 N–H and O–H groups in total. The fourth-order valence-electron chi connectivity index (χ4n) is 1.31. The Morgan fingerprint density at radius 3 is 2.94 bits per heavy atom. The van der Waals surface area contributed by atoms with Gasteiger partial charge in [-0.25, -0.2) is 4.39 Å². The summed E-state index contributed by atoms with van der Waals surface area (Å²) in [5, 5.41) is 2.78. The van der Waals surface area contributed by atoms with Crippen molar-refractivity contribution in [3.05, 3.63) is 29.8 Å². The molecule has 0 aliphatic heterocycles. The normalized spacial score (nSPS) is 12.2. The molecule has 0 aliphatic rings. The molecule has 0 aromatic carbocycles. The van der Waals surface area contributed by atoms with Crippen LogP contribution in [0.2, 0.25) is 0 Å². The van der Waals surface area contributed by atoms with Gasteiger partial charge in [0.2, 0.25) is 0 Å². The number of amides is 1. The minimum Gasteiger partial charge on any atom is -0.349 e. The summed E-state index contributed by atoms with van der Waals surface area (Å²) >= 11 is 5.61. The first-order valence-corrected chi connectivity index (χ1v) is 5.68. The molecule has 1 unspecified atom stereocenters. The Bertz CT molecular complexity index is 360. The molecule has 0 saturated heterocycles. The summed E-state index contributed by atoms with van der Waals surface area (Å²) < 4.78 is 12.8. The van der Waals surface area contributed by atoms with E-state index in [-0.39, 0.29) is 17.5 Å². The number of aromatic nitrogens is 1. The predicted molar refractivity (Wildman–Crippen MR) is 61.1 cm³/mol. The number of nitrogens with zero attached hydrogens (tertiary/aromatic N) is 1. The number of hydrogen-bond acceptors (Lipinski definition) is 2. The fourth-order valence-corrected chi connectivity index (χ4v) is 1.58. The van der Waals surface area contributed by atoms with E-state index in [1.165, 1.54) is 6.20 Å². The van der Waals surface area contributed by atoms with E-state index in [9.17, 15) is 9.18 Å². The molecule has 88 valence electrons. The largest absolute Gasteiger partial charge is 0.349 e. The van der Waals surface area contributed by atoms with E-state index in [1.54, 1.807) is 0 Å². The third-order valence-corrected chi connectivity index (χ3v) is 2.47. The SMILES string of the molecule is CCC(CCCl)NC(=O)c1cncc(F)c1. The van der Waals surface area contributed by atoms with Crippen molar-refractivity contribution in [3.63, 3.8) is 0 Å². The standard InChI is InChI=1S/C11H14ClFN2O/c1-2-10(3-4-12)15-11(16)8-5-9(13)7-14-6-8/h5-7,10H,2-4H2,1H3,(H,15,16). The van der Waals surface area contributed by atoms with E-state index in [1.807, 2.05) is 6.92 Å². The first-order chi connectivity index (χ1) is 7.67. The first-order valence-electron chi connectivity index (χ1n) is 5.14. The first kappa shape index (κ1) is 12.9. The molecule has 0 radical (unpaired) electrons. The smallest absolute Gasteiger partial charge is 0.253 e. The monoisotopic (exact) mass is 244 g/mol. The third kappa shape index (κ3) is 3.77. The molecule has 0 spiro atoms. The van der Waals surface area contributed by atoms with Gasteiger partial charge < -0.3 is 5.32 Å². The molecule has 1 aromatic rings. The lowest BCUT2D eigenvalue weighted by atomic mass is 10.1. The van der Waals surface area contributed by atoms with Crippen molar-refractivity contribution < 1.29 is 9.18 Å². The minimum atomic E-state index is -0.516. The molecule has 0 fully saturated rings. The van der Waals surface area contributed by atoms with E-state index >= 15 is 0 Å². The summed E-state index contributed by atoms with van der Waals surface area (Å²) in [4.78, 5) is 15.3. The van der Waals surface area contributed by atoms with E-state index in [0.717, 1.165) is 18.7 Å². The second-order valence-corrected chi connectivity index (χ2v) is 3.83. The lowest BCUT2D eigenvalue weighted by Gasteiger charge is -2.15. The van der Waals surface area contributed by atoms with Crippen LogP contribution in [0.25, 0.3) is 0 Å². The third-order valence-electron chi connectivity index (χ3n) is 2.25. The maximum absolute atomic E-state index is 12.8. The molecule has 1 amide bonds. The molecule has 0 aliphatic carbocycles. The van der Waals surface area contributed by atoms with Gasteiger partial charge in [0.15, 0.2) is 0 Å². The quantitative estimate of drug-likeness (QED) is 0.808. The van der Waals surface area contributed by atoms with Crippen molar-refractivity contribution in [1.29, 1.82) is 0 Å². The van der Waals surface area contributed by atoms with Gasteiger partial charge in [-0.2, -0.15) is 0 Å². The Balaban J connectivity index is 2.64. The predicted octanol–water partition coefficient (Wildman–Crippen LogP) is 2.36. The number of carbonyl (C=O) groups excluding carboxylic acids is 1. The van der Waals surface area contributed by atoms with E-state index in [2.05, 4.69) is 10.3 Å². The number of carbonyl (C=O) groups is 1. The zero-order chi connectivity index (χ0) is 12.0. The lowest BCUT2D eigenvalue weighted by Crippen LogP contribution is -2.34. The summed E-state index contributed by atoms with van der Waals surface area (Å²) in [6, 6.07) is 1.18. The molecule has 0 bridgehead atoms. The van der Waals surface area contributed by atoms with Gasteiger partial charge in [-0.1, -0.05) is 6.92 Å². The summed E-state index contributed by atoms with van der Waals surface area (Å²) in [5.41, 5.74) is 0.230. The van der Waals surface area contributed by atoms with E-state index in [4.69, 9.17) is 11.6 Å². The second-order valence-electron chi connectivity index (χ2n) is 3.45. The number of hydrogen-bond donors (Lipinski definition) is 1. The van der Waals surface area contributed by atoms with Crippen molar-refractivity contribution in [2.24, 2.45) is 0 Å². The molecule has 1 heterocycles. The van der Waals surface area contributed by atoms with Crippen molar-refractivity contribution in [3.8, 4) is 0 Å². The number of nitrogens with one attached hydrogen (secondary N) is 1. The number of halogens is 2. The summed E-state index contributed by atoms with van der Waals surface area (Å²) in [7, 11) is 0. The van der Waals surface area contributed by atoms with Gasteiger partial charge in [0.25, 0.3) is 5.91 Å². The number of rotatable bonds is 5. The van der Waals surface area contributed by atoms with Crippen molar-refractivity contribution in [2.45, 2.75) is 25.8 Å². The lowest BCUT2D eigenvalue weighted by molar-refractivity contribution is 0.0934. The van der Waals surface area contributed by atoms with Crippen LogP contribution in [0.4, 0.5) is 4.39 Å². The van der Waals surface area contributed by atoms with Crippen LogP contribution < -0.4 is 5.32 Å². The highest BCUT2D eigenvalue weighted by Gasteiger charge is 2.12. The molecule has 3 nitrogen and oxygen atoms in total. The zero-order valence-corrected chi connectivity index (χ0v) is 9.80. The average Bonchev–Trinajstić information content (AvgIpc) is 2.28. The Morgan fingerprint density at radius 2 is 2.38 bits per heavy atom. The molecule has 1 rings (SSSR count). The number of alkyl halides is 1. The molecular weight excluding hydrogens is 231 g/mol. The van der Waals surface area contributed by atoms with Gasteiger partial charge in [-0.05, 0) is 18.9 Å². The van der Waals surface area contributed by atoms with Gasteiger partial charge >= 0.3 is 0 Å². The summed E-state index contributed by atoms with van der Waals surface area (Å²) in [6.07, 6.45) is 3.90. The topological polar surface area (TPSA) is 42.0 Å². The van der Waals surface area contributed by atoms with Crippen molar-refractivity contribution in [2.75, 3.05) is 5.88 Å². The Kier molecular flexibility index (Phi) is 5.19. The van der Waals surface area contributed by atoms with Gasteiger partial charge in [0, 0.05) is 18.1 Å². The average molecular weight is 245 g/mol. The van der Waals surface area contributed by atoms with Gasteiger partial charge in [0.05, 0.1) is 11.8 Å². The van der Waals surface area contributed by atoms with Crippen LogP contribution in [0, 0.1) is 5.82 Å². The zero-order valence-electron chi connectivity index (χ0n) is 9.04. The molecule has 0 saturated carbocycles. The van der Waals surface area contributed by atoms with Crippen LogP contribution >= 0.6 is 11.6 Å². The van der Waals surface area contributed by atoms with Crippen LogP contribution in [-0.2, 0) is 0 Å². The Hall–Kier alpha value is -1.16. The summed E-state index contributed by atoms with van der Waals surface area (Å²) in [6.45, 7) is 1.96. The highest BCUT2D eigenvalue weighted by Crippen LogP contribution is 2.04. The van der Waals surface area contributed by atoms with E-state index < -0.39 is 5.82 Å². The molecular formula is C11H14ClFN2O. The van der Waals surface area contributed by atoms with Crippen LogP contribution in [0.15, 0.2) is 18.5 Å². The van der Waals surface area contributed by atoms with Crippen LogP contribution in [0.1, 0.15) is 30.1 Å². The Morgan fingerprint density at radius 1 is 1.62 bits per heavy atom. The Labute approximate surface area is 99.0 Å².